The van der Waals surface area contributed by atoms with Crippen molar-refractivity contribution in [2.75, 3.05) is 13.2 Å². The molecular formula is C35H46O19. The van der Waals surface area contributed by atoms with Crippen LogP contribution >= 0.6 is 0 Å². The van der Waals surface area contributed by atoms with Crippen LogP contribution in [0.1, 0.15) is 25.0 Å². The van der Waals surface area contributed by atoms with Crippen molar-refractivity contribution >= 4 is 12.0 Å². The minimum absolute atomic E-state index is 0.113. The molecule has 19 heteroatoms. The lowest BCUT2D eigenvalue weighted by Gasteiger charge is -2.49. The van der Waals surface area contributed by atoms with Crippen LogP contribution in [-0.4, -0.2) is 167 Å². The number of phenolic OH excluding ortho intramolecular Hbond substituents is 4. The molecule has 15 atom stereocenters. The molecule has 3 aliphatic heterocycles. The largest absolute Gasteiger partial charge is 0.504 e. The summed E-state index contributed by atoms with van der Waals surface area (Å²) in [6, 6.07) is 7.82. The van der Waals surface area contributed by atoms with E-state index in [2.05, 4.69) is 0 Å². The molecule has 0 aromatic heterocycles. The molecule has 11 N–H and O–H groups in total. The van der Waals surface area contributed by atoms with E-state index in [0.29, 0.717) is 5.56 Å². The number of aromatic hydroxyl groups is 4. The van der Waals surface area contributed by atoms with E-state index in [4.69, 9.17) is 33.2 Å². The van der Waals surface area contributed by atoms with Gasteiger partial charge < -0.3 is 89.3 Å². The zero-order valence-electron chi connectivity index (χ0n) is 29.1. The lowest BCUT2D eigenvalue weighted by molar-refractivity contribution is -0.389. The first-order valence-electron chi connectivity index (χ1n) is 17.1. The molecule has 2 aromatic rings. The Hall–Kier alpha value is -3.67. The third-order valence-corrected chi connectivity index (χ3v) is 9.35. The zero-order valence-corrected chi connectivity index (χ0v) is 29.1. The topological polar surface area (TPSA) is 304 Å². The quantitative estimate of drug-likeness (QED) is 0.0622. The molecule has 0 aliphatic carbocycles. The maximum Gasteiger partial charge on any atom is 0.331 e. The van der Waals surface area contributed by atoms with E-state index < -0.39 is 116 Å². The van der Waals surface area contributed by atoms with Crippen LogP contribution in [0.15, 0.2) is 42.5 Å². The first-order chi connectivity index (χ1) is 25.6. The normalized spacial score (nSPS) is 37.3. The van der Waals surface area contributed by atoms with Crippen LogP contribution in [0, 0.1) is 0 Å². The van der Waals surface area contributed by atoms with Crippen molar-refractivity contribution in [1.82, 2.24) is 0 Å². The first-order valence-corrected chi connectivity index (χ1v) is 17.1. The van der Waals surface area contributed by atoms with Crippen molar-refractivity contribution in [3.63, 3.8) is 0 Å². The van der Waals surface area contributed by atoms with Crippen LogP contribution in [0.5, 0.6) is 23.0 Å². The number of hydrogen-bond acceptors (Lipinski definition) is 19. The van der Waals surface area contributed by atoms with Gasteiger partial charge in [0.15, 0.2) is 48.0 Å². The van der Waals surface area contributed by atoms with E-state index in [0.717, 1.165) is 6.08 Å². The summed E-state index contributed by atoms with van der Waals surface area (Å²) in [7, 11) is 0. The van der Waals surface area contributed by atoms with Crippen LogP contribution in [0.3, 0.4) is 0 Å². The third-order valence-electron chi connectivity index (χ3n) is 9.35. The Morgan fingerprint density at radius 1 is 0.667 bits per heavy atom. The second-order valence-corrected chi connectivity index (χ2v) is 13.2. The van der Waals surface area contributed by atoms with Crippen LogP contribution in [0.25, 0.3) is 6.08 Å². The van der Waals surface area contributed by atoms with Gasteiger partial charge in [-0.15, -0.1) is 0 Å². The summed E-state index contributed by atoms with van der Waals surface area (Å²) in [6.07, 6.45) is -21.7. The van der Waals surface area contributed by atoms with Crippen molar-refractivity contribution in [3.05, 3.63) is 53.6 Å². The number of aliphatic hydroxyl groups is 7. The van der Waals surface area contributed by atoms with Gasteiger partial charge in [-0.3, -0.25) is 0 Å². The molecule has 3 fully saturated rings. The molecule has 300 valence electrons. The van der Waals surface area contributed by atoms with Crippen LogP contribution < -0.4 is 0 Å². The second-order valence-electron chi connectivity index (χ2n) is 13.2. The molecule has 3 heterocycles. The summed E-state index contributed by atoms with van der Waals surface area (Å²) >= 11 is 0. The Labute approximate surface area is 308 Å². The van der Waals surface area contributed by atoms with Gasteiger partial charge in [0.05, 0.1) is 25.4 Å². The highest BCUT2D eigenvalue weighted by Gasteiger charge is 2.55. The number of aliphatic hydroxyl groups excluding tert-OH is 7. The Balaban J connectivity index is 1.49. The fraction of sp³-hybridized carbons (Fsp3) is 0.571. The summed E-state index contributed by atoms with van der Waals surface area (Å²) < 4.78 is 41.3. The highest BCUT2D eigenvalue weighted by atomic mass is 16.8. The number of carbonyl (C=O) groups is 1. The van der Waals surface area contributed by atoms with Crippen molar-refractivity contribution in [2.24, 2.45) is 0 Å². The van der Waals surface area contributed by atoms with Crippen LogP contribution in [-0.2, 0) is 44.4 Å². The maximum absolute atomic E-state index is 13.3. The molecule has 0 amide bonds. The predicted molar refractivity (Wildman–Crippen MR) is 178 cm³/mol. The van der Waals surface area contributed by atoms with Gasteiger partial charge in [-0.05, 0) is 61.7 Å². The van der Waals surface area contributed by atoms with E-state index in [1.165, 1.54) is 56.3 Å². The SMILES string of the molecule is C[C@@H]1O[C@@H](O[C@H]2[C@H](OCCc3ccc(O)c(O)c3)O[C@H](CO)[C@@H](OC(=O)/C=C/c3ccc(O)c(O)c3)[C@@H]2OC2O[C@@H](C)[C@H](O)[C@@H](O)[C@H]2O)[C@H](O)[C@H](O)[C@H]1O. The maximum atomic E-state index is 13.3. The standard InChI is InChI=1S/C35H46O19/c1-14-24(42)26(44)28(46)33(49-14)53-31-30(52-23(41)8-5-16-3-6-18(37)20(39)11-16)22(13-36)51-35(48-10-9-17-4-7-19(38)21(40)12-17)32(31)54-34-29(47)27(45)25(43)15(2)50-34/h3-8,11-12,14-15,22,24-40,42-47H,9-10,13H2,1-2H3/b8-5+/t14-,15-,22+,24-,25-,26+,27+,28+,29+,30+,31-,32+,33?,34-,35+/m0/s1. The number of rotatable bonds is 12. The summed E-state index contributed by atoms with van der Waals surface area (Å²) in [5.41, 5.74) is 0.798. The van der Waals surface area contributed by atoms with E-state index >= 15 is 0 Å². The van der Waals surface area contributed by atoms with Crippen molar-refractivity contribution in [3.8, 4) is 23.0 Å². The predicted octanol–water partition coefficient (Wildman–Crippen LogP) is -2.16. The Bertz CT molecular complexity index is 1590. The number of phenols is 4. The highest BCUT2D eigenvalue weighted by Crippen LogP contribution is 2.35. The monoisotopic (exact) mass is 770 g/mol. The van der Waals surface area contributed by atoms with Gasteiger partial charge in [0.25, 0.3) is 0 Å². The fourth-order valence-electron chi connectivity index (χ4n) is 6.16. The van der Waals surface area contributed by atoms with Crippen LogP contribution in [0.2, 0.25) is 0 Å². The van der Waals surface area contributed by atoms with Gasteiger partial charge in [0.2, 0.25) is 0 Å². The van der Waals surface area contributed by atoms with Crippen molar-refractivity contribution in [1.29, 1.82) is 0 Å². The molecular weight excluding hydrogens is 724 g/mol. The molecule has 5 rings (SSSR count). The molecule has 3 aliphatic rings. The molecule has 54 heavy (non-hydrogen) atoms. The average Bonchev–Trinajstić information content (AvgIpc) is 3.14. The smallest absolute Gasteiger partial charge is 0.331 e. The summed E-state index contributed by atoms with van der Waals surface area (Å²) in [5, 5.41) is 113. The Morgan fingerprint density at radius 3 is 1.78 bits per heavy atom. The van der Waals surface area contributed by atoms with Crippen molar-refractivity contribution in [2.45, 2.75) is 112 Å². The van der Waals surface area contributed by atoms with Gasteiger partial charge >= 0.3 is 5.97 Å². The molecule has 3 saturated heterocycles. The number of carbonyl (C=O) groups excluding carboxylic acids is 1. The number of benzene rings is 2. The first kappa shape index (κ1) is 41.5. The second kappa shape index (κ2) is 17.9. The van der Waals surface area contributed by atoms with E-state index in [9.17, 15) is 61.0 Å². The minimum Gasteiger partial charge on any atom is -0.504 e. The van der Waals surface area contributed by atoms with Gasteiger partial charge in [0.1, 0.15) is 54.9 Å². The van der Waals surface area contributed by atoms with Gasteiger partial charge in [-0.2, -0.15) is 0 Å². The van der Waals surface area contributed by atoms with E-state index in [1.54, 1.807) is 0 Å². The van der Waals surface area contributed by atoms with Crippen molar-refractivity contribution < 1.29 is 94.1 Å². The molecule has 19 nitrogen and oxygen atoms in total. The molecule has 0 bridgehead atoms. The number of hydrogen-bond donors (Lipinski definition) is 11. The molecule has 1 unspecified atom stereocenters. The minimum atomic E-state index is -1.89. The molecule has 0 radical (unpaired) electrons. The Kier molecular flexibility index (Phi) is 13.7. The lowest BCUT2D eigenvalue weighted by atomic mass is 9.96. The molecule has 0 spiro atoms. The Morgan fingerprint density at radius 2 is 1.22 bits per heavy atom. The summed E-state index contributed by atoms with van der Waals surface area (Å²) in [6.45, 7) is 1.78. The average molecular weight is 771 g/mol. The number of esters is 1. The summed E-state index contributed by atoms with van der Waals surface area (Å²) in [4.78, 5) is 13.3. The van der Waals surface area contributed by atoms with E-state index in [1.807, 2.05) is 0 Å². The lowest BCUT2D eigenvalue weighted by Crippen LogP contribution is -2.67. The molecule has 2 aromatic carbocycles. The zero-order chi connectivity index (χ0) is 39.4. The summed E-state index contributed by atoms with van der Waals surface area (Å²) in [5.74, 6) is -2.64. The fourth-order valence-corrected chi connectivity index (χ4v) is 6.16. The van der Waals surface area contributed by atoms with Gasteiger partial charge in [-0.1, -0.05) is 12.1 Å². The third kappa shape index (κ3) is 9.40. The van der Waals surface area contributed by atoms with Gasteiger partial charge in [0, 0.05) is 6.08 Å². The van der Waals surface area contributed by atoms with Crippen LogP contribution in [0.4, 0.5) is 0 Å². The highest BCUT2D eigenvalue weighted by molar-refractivity contribution is 5.87. The van der Waals surface area contributed by atoms with E-state index in [-0.39, 0.29) is 30.1 Å². The molecule has 0 saturated carbocycles. The number of ether oxygens (including phenoxy) is 7. The van der Waals surface area contributed by atoms with Gasteiger partial charge in [-0.25, -0.2) is 4.79 Å².